The van der Waals surface area contributed by atoms with Crippen LogP contribution < -0.4 is 0 Å². The topological polar surface area (TPSA) is 60.4 Å². The zero-order valence-electron chi connectivity index (χ0n) is 9.39. The van der Waals surface area contributed by atoms with Crippen molar-refractivity contribution in [1.82, 2.24) is 0 Å². The van der Waals surface area contributed by atoms with Gasteiger partial charge in [-0.3, -0.25) is 4.79 Å². The minimum atomic E-state index is -3.37. The van der Waals surface area contributed by atoms with Crippen LogP contribution >= 0.6 is 0 Å². The third-order valence-corrected chi connectivity index (χ3v) is 5.73. The van der Waals surface area contributed by atoms with Gasteiger partial charge >= 0.3 is 0 Å². The van der Waals surface area contributed by atoms with Gasteiger partial charge in [-0.2, -0.15) is 0 Å². The maximum Gasteiger partial charge on any atom is 0.165 e. The Balaban J connectivity index is 2.87. The van der Waals surface area contributed by atoms with Crippen LogP contribution in [0.15, 0.2) is 0 Å². The van der Waals surface area contributed by atoms with Crippen molar-refractivity contribution < 1.29 is 17.9 Å². The molecule has 1 fully saturated rings. The van der Waals surface area contributed by atoms with Crippen molar-refractivity contribution >= 4 is 15.6 Å². The van der Waals surface area contributed by atoms with E-state index >= 15 is 0 Å². The summed E-state index contributed by atoms with van der Waals surface area (Å²) < 4.78 is 29.3. The number of carbonyl (C=O) groups excluding carboxylic acids is 1. The van der Waals surface area contributed by atoms with Gasteiger partial charge in [-0.15, -0.1) is 0 Å². The summed E-state index contributed by atoms with van der Waals surface area (Å²) in [5.74, 6) is -0.214. The van der Waals surface area contributed by atoms with Crippen LogP contribution in [0.25, 0.3) is 0 Å². The predicted octanol–water partition coefficient (Wildman–Crippen LogP) is 0.946. The second kappa shape index (κ2) is 4.61. The maximum absolute atomic E-state index is 12.0. The molecule has 1 rings (SSSR count). The van der Waals surface area contributed by atoms with Crippen molar-refractivity contribution in [3.63, 3.8) is 0 Å². The fourth-order valence-corrected chi connectivity index (χ4v) is 3.97. The van der Waals surface area contributed by atoms with Gasteiger partial charge in [0.2, 0.25) is 0 Å². The summed E-state index contributed by atoms with van der Waals surface area (Å²) in [6.07, 6.45) is 0.481. The molecule has 0 aromatic heterocycles. The minimum Gasteiger partial charge on any atom is -0.377 e. The first-order chi connectivity index (χ1) is 6.91. The van der Waals surface area contributed by atoms with Gasteiger partial charge in [0.15, 0.2) is 9.84 Å². The van der Waals surface area contributed by atoms with Crippen LogP contribution in [0.3, 0.4) is 0 Å². The van der Waals surface area contributed by atoms with E-state index in [1.165, 1.54) is 6.92 Å². The number of hydrogen-bond acceptors (Lipinski definition) is 4. The first-order valence-corrected chi connectivity index (χ1v) is 6.89. The summed E-state index contributed by atoms with van der Waals surface area (Å²) in [4.78, 5) is 11.4. The summed E-state index contributed by atoms with van der Waals surface area (Å²) in [7, 11) is -3.37. The highest BCUT2D eigenvalue weighted by Gasteiger charge is 2.40. The molecule has 0 N–H and O–H groups in total. The Labute approximate surface area is 90.9 Å². The molecule has 0 bridgehead atoms. The molecule has 3 unspecified atom stereocenters. The van der Waals surface area contributed by atoms with Crippen LogP contribution in [-0.2, 0) is 19.4 Å². The molecule has 0 radical (unpaired) electrons. The van der Waals surface area contributed by atoms with E-state index in [0.29, 0.717) is 13.0 Å². The summed E-state index contributed by atoms with van der Waals surface area (Å²) in [6, 6.07) is 0. The van der Waals surface area contributed by atoms with Gasteiger partial charge in [0.1, 0.15) is 11.0 Å². The lowest BCUT2D eigenvalue weighted by molar-refractivity contribution is -0.118. The minimum absolute atomic E-state index is 0.214. The number of Topliss-reactive ketones (excluding diaryl/α,β-unsaturated/α-hetero) is 1. The van der Waals surface area contributed by atoms with Crippen molar-refractivity contribution in [2.45, 2.75) is 50.2 Å². The van der Waals surface area contributed by atoms with Gasteiger partial charge in [0.25, 0.3) is 0 Å². The first kappa shape index (κ1) is 12.6. The van der Waals surface area contributed by atoms with Crippen molar-refractivity contribution in [2.24, 2.45) is 0 Å². The van der Waals surface area contributed by atoms with Crippen LogP contribution in [-0.4, -0.2) is 37.4 Å². The molecule has 88 valence electrons. The Morgan fingerprint density at radius 1 is 1.53 bits per heavy atom. The average Bonchev–Trinajstić information content (AvgIpc) is 2.62. The van der Waals surface area contributed by atoms with Crippen molar-refractivity contribution in [3.8, 4) is 0 Å². The van der Waals surface area contributed by atoms with Gasteiger partial charge < -0.3 is 4.74 Å². The Morgan fingerprint density at radius 3 is 2.53 bits per heavy atom. The lowest BCUT2D eigenvalue weighted by Gasteiger charge is -2.19. The highest BCUT2D eigenvalue weighted by Crippen LogP contribution is 2.24. The largest absolute Gasteiger partial charge is 0.377 e. The molecule has 0 spiro atoms. The molecule has 0 amide bonds. The standard InChI is InChI=1S/C10H18O4S/c1-4-9(11)8(3)15(12,13)10-5-6-14-7(10)2/h7-8,10H,4-6H2,1-3H3. The molecule has 0 aliphatic carbocycles. The van der Waals surface area contributed by atoms with E-state index in [2.05, 4.69) is 0 Å². The van der Waals surface area contributed by atoms with Gasteiger partial charge in [-0.25, -0.2) is 8.42 Å². The third kappa shape index (κ3) is 2.39. The summed E-state index contributed by atoms with van der Waals surface area (Å²) >= 11 is 0. The van der Waals surface area contributed by atoms with Crippen molar-refractivity contribution in [2.75, 3.05) is 6.61 Å². The van der Waals surface area contributed by atoms with E-state index < -0.39 is 20.3 Å². The van der Waals surface area contributed by atoms with E-state index in [4.69, 9.17) is 4.74 Å². The van der Waals surface area contributed by atoms with Gasteiger partial charge in [-0.1, -0.05) is 6.92 Å². The molecule has 15 heavy (non-hydrogen) atoms. The molecule has 1 heterocycles. The van der Waals surface area contributed by atoms with Gasteiger partial charge in [0.05, 0.1) is 11.4 Å². The number of ketones is 1. The molecule has 3 atom stereocenters. The van der Waals surface area contributed by atoms with Crippen LogP contribution in [0.5, 0.6) is 0 Å². The predicted molar refractivity (Wildman–Crippen MR) is 57.5 cm³/mol. The van der Waals surface area contributed by atoms with E-state index in [9.17, 15) is 13.2 Å². The summed E-state index contributed by atoms with van der Waals surface area (Å²) in [5.41, 5.74) is 0. The van der Waals surface area contributed by atoms with E-state index in [1.807, 2.05) is 0 Å². The van der Waals surface area contributed by atoms with Crippen LogP contribution in [0.1, 0.15) is 33.6 Å². The van der Waals surface area contributed by atoms with Crippen molar-refractivity contribution in [3.05, 3.63) is 0 Å². The number of ether oxygens (including phenoxy) is 1. The molecular formula is C10H18O4S. The maximum atomic E-state index is 12.0. The summed E-state index contributed by atoms with van der Waals surface area (Å²) in [6.45, 7) is 5.38. The lowest BCUT2D eigenvalue weighted by Crippen LogP contribution is -2.38. The second-order valence-electron chi connectivity index (χ2n) is 3.95. The van der Waals surface area contributed by atoms with Crippen LogP contribution in [0, 0.1) is 0 Å². The van der Waals surface area contributed by atoms with E-state index in [0.717, 1.165) is 0 Å². The molecule has 1 aliphatic rings. The monoisotopic (exact) mass is 234 g/mol. The van der Waals surface area contributed by atoms with Gasteiger partial charge in [-0.05, 0) is 20.3 Å². The van der Waals surface area contributed by atoms with Crippen LogP contribution in [0.2, 0.25) is 0 Å². The zero-order chi connectivity index (χ0) is 11.6. The average molecular weight is 234 g/mol. The molecule has 1 saturated heterocycles. The quantitative estimate of drug-likeness (QED) is 0.726. The number of hydrogen-bond donors (Lipinski definition) is 0. The van der Waals surface area contributed by atoms with Gasteiger partial charge in [0, 0.05) is 13.0 Å². The Morgan fingerprint density at radius 2 is 2.13 bits per heavy atom. The highest BCUT2D eigenvalue weighted by atomic mass is 32.2. The van der Waals surface area contributed by atoms with E-state index in [1.54, 1.807) is 13.8 Å². The first-order valence-electron chi connectivity index (χ1n) is 5.28. The van der Waals surface area contributed by atoms with Crippen LogP contribution in [0.4, 0.5) is 0 Å². The Bertz CT molecular complexity index is 333. The smallest absolute Gasteiger partial charge is 0.165 e. The van der Waals surface area contributed by atoms with Crippen molar-refractivity contribution in [1.29, 1.82) is 0 Å². The molecule has 5 heteroatoms. The fraction of sp³-hybridized carbons (Fsp3) is 0.900. The number of sulfone groups is 1. The third-order valence-electron chi connectivity index (χ3n) is 3.02. The summed E-state index contributed by atoms with van der Waals surface area (Å²) in [5, 5.41) is -1.40. The van der Waals surface area contributed by atoms with E-state index in [-0.39, 0.29) is 18.3 Å². The SMILES string of the molecule is CCC(=O)C(C)S(=O)(=O)C1CCOC1C. The Hall–Kier alpha value is -0.420. The lowest BCUT2D eigenvalue weighted by atomic mass is 10.2. The molecule has 0 aromatic carbocycles. The normalized spacial score (nSPS) is 29.0. The fourth-order valence-electron chi connectivity index (χ4n) is 1.88. The molecule has 4 nitrogen and oxygen atoms in total. The number of rotatable bonds is 4. The number of carbonyl (C=O) groups is 1. The Kier molecular flexibility index (Phi) is 3.89. The molecule has 0 aromatic rings. The molecule has 1 aliphatic heterocycles. The molecular weight excluding hydrogens is 216 g/mol. The second-order valence-corrected chi connectivity index (χ2v) is 6.44. The molecule has 0 saturated carbocycles. The highest BCUT2D eigenvalue weighted by molar-refractivity contribution is 7.93. The zero-order valence-corrected chi connectivity index (χ0v) is 10.2.